The highest BCUT2D eigenvalue weighted by Gasteiger charge is 2.34. The first-order valence-corrected chi connectivity index (χ1v) is 6.02. The van der Waals surface area contributed by atoms with Gasteiger partial charge in [-0.05, 0) is 0 Å². The second kappa shape index (κ2) is 4.08. The molecule has 2 heterocycles. The Labute approximate surface area is 88.1 Å². The molecule has 2 fully saturated rings. The van der Waals surface area contributed by atoms with Gasteiger partial charge in [0.2, 0.25) is 5.91 Å². The van der Waals surface area contributed by atoms with E-state index in [1.165, 1.54) is 0 Å². The quantitative estimate of drug-likeness (QED) is 0.686. The van der Waals surface area contributed by atoms with Gasteiger partial charge in [0.25, 0.3) is 0 Å². The van der Waals surface area contributed by atoms with E-state index in [-0.39, 0.29) is 17.4 Å². The van der Waals surface area contributed by atoms with Crippen molar-refractivity contribution < 1.29 is 9.53 Å². The lowest BCUT2D eigenvalue weighted by atomic mass is 9.89. The molecule has 0 aromatic rings. The van der Waals surface area contributed by atoms with Crippen LogP contribution in [0.2, 0.25) is 0 Å². The van der Waals surface area contributed by atoms with Crippen molar-refractivity contribution in [1.29, 1.82) is 0 Å². The van der Waals surface area contributed by atoms with E-state index in [0.717, 1.165) is 31.4 Å². The molecular formula is C9H16N2O2S. The van der Waals surface area contributed by atoms with Gasteiger partial charge in [-0.2, -0.15) is 0 Å². The smallest absolute Gasteiger partial charge is 0.238 e. The number of hydrogen-bond donors (Lipinski definition) is 2. The van der Waals surface area contributed by atoms with E-state index in [1.54, 1.807) is 11.8 Å². The predicted octanol–water partition coefficient (Wildman–Crippen LogP) is -0.198. The Morgan fingerprint density at radius 2 is 2.50 bits per heavy atom. The number of hydrogen-bond acceptors (Lipinski definition) is 4. The number of thioether (sulfide) groups is 1. The predicted molar refractivity (Wildman–Crippen MR) is 56.2 cm³/mol. The van der Waals surface area contributed by atoms with Crippen molar-refractivity contribution in [3.63, 3.8) is 0 Å². The molecule has 5 heteroatoms. The largest absolute Gasteiger partial charge is 0.380 e. The van der Waals surface area contributed by atoms with Gasteiger partial charge in [-0.1, -0.05) is 6.92 Å². The lowest BCUT2D eigenvalue weighted by Gasteiger charge is -2.38. The number of carbonyl (C=O) groups excluding carboxylic acids is 1. The highest BCUT2D eigenvalue weighted by Crippen LogP contribution is 2.25. The third-order valence-electron chi connectivity index (χ3n) is 2.62. The number of amides is 1. The van der Waals surface area contributed by atoms with Crippen LogP contribution in [-0.4, -0.2) is 43.3 Å². The normalized spacial score (nSPS) is 29.6. The van der Waals surface area contributed by atoms with E-state index in [1.807, 2.05) is 0 Å². The molecule has 2 rings (SSSR count). The first kappa shape index (κ1) is 10.3. The summed E-state index contributed by atoms with van der Waals surface area (Å²) in [5.41, 5.74) is 0.168. The lowest BCUT2D eigenvalue weighted by Crippen LogP contribution is -2.51. The second-order valence-electron chi connectivity index (χ2n) is 4.29. The summed E-state index contributed by atoms with van der Waals surface area (Å²) in [6, 6.07) is 0.00425. The van der Waals surface area contributed by atoms with E-state index in [0.29, 0.717) is 0 Å². The Bertz CT molecular complexity index is 225. The molecule has 1 atom stereocenters. The summed E-state index contributed by atoms with van der Waals surface area (Å²) >= 11 is 1.77. The summed E-state index contributed by atoms with van der Waals surface area (Å²) < 4.78 is 5.12. The monoisotopic (exact) mass is 216 g/mol. The minimum Gasteiger partial charge on any atom is -0.380 e. The zero-order valence-corrected chi connectivity index (χ0v) is 9.15. The highest BCUT2D eigenvalue weighted by molar-refractivity contribution is 7.99. The molecule has 2 saturated heterocycles. The Kier molecular flexibility index (Phi) is 2.99. The third-order valence-corrected chi connectivity index (χ3v) is 3.56. The van der Waals surface area contributed by atoms with Gasteiger partial charge in [-0.15, -0.1) is 11.8 Å². The van der Waals surface area contributed by atoms with Crippen LogP contribution < -0.4 is 10.6 Å². The molecular weight excluding hydrogens is 200 g/mol. The molecule has 2 N–H and O–H groups in total. The molecule has 4 nitrogen and oxygen atoms in total. The fourth-order valence-electron chi connectivity index (χ4n) is 1.54. The average Bonchev–Trinajstić information content (AvgIpc) is 2.63. The van der Waals surface area contributed by atoms with E-state index in [4.69, 9.17) is 4.74 Å². The molecule has 0 aromatic heterocycles. The first-order valence-electron chi connectivity index (χ1n) is 4.86. The molecule has 2 aliphatic heterocycles. The Morgan fingerprint density at radius 3 is 3.00 bits per heavy atom. The summed E-state index contributed by atoms with van der Waals surface area (Å²) in [6.45, 7) is 4.39. The Hall–Kier alpha value is -0.260. The lowest BCUT2D eigenvalue weighted by molar-refractivity contribution is -0.127. The van der Waals surface area contributed by atoms with Gasteiger partial charge in [0, 0.05) is 23.6 Å². The molecule has 0 spiro atoms. The van der Waals surface area contributed by atoms with Gasteiger partial charge in [-0.3, -0.25) is 10.1 Å². The molecule has 1 amide bonds. The van der Waals surface area contributed by atoms with E-state index in [9.17, 15) is 4.79 Å². The van der Waals surface area contributed by atoms with Gasteiger partial charge >= 0.3 is 0 Å². The van der Waals surface area contributed by atoms with Crippen LogP contribution in [-0.2, 0) is 9.53 Å². The van der Waals surface area contributed by atoms with Gasteiger partial charge < -0.3 is 10.1 Å². The number of nitrogens with one attached hydrogen (secondary N) is 2. The summed E-state index contributed by atoms with van der Waals surface area (Å²) in [6.07, 6.45) is 0. The minimum atomic E-state index is 0.00425. The van der Waals surface area contributed by atoms with Gasteiger partial charge in [0.1, 0.15) is 0 Å². The minimum absolute atomic E-state index is 0.00425. The number of ether oxygens (including phenoxy) is 1. The molecule has 0 aromatic carbocycles. The molecule has 2 aliphatic rings. The molecule has 0 radical (unpaired) electrons. The van der Waals surface area contributed by atoms with Crippen LogP contribution in [0.1, 0.15) is 6.92 Å². The van der Waals surface area contributed by atoms with Crippen molar-refractivity contribution in [3.05, 3.63) is 0 Å². The van der Waals surface area contributed by atoms with Crippen molar-refractivity contribution in [2.75, 3.05) is 31.4 Å². The van der Waals surface area contributed by atoms with E-state index < -0.39 is 0 Å². The maximum atomic E-state index is 11.6. The maximum absolute atomic E-state index is 11.6. The van der Waals surface area contributed by atoms with Gasteiger partial charge in [0.15, 0.2) is 0 Å². The van der Waals surface area contributed by atoms with Crippen molar-refractivity contribution >= 4 is 17.7 Å². The van der Waals surface area contributed by atoms with Crippen LogP contribution in [0.3, 0.4) is 0 Å². The highest BCUT2D eigenvalue weighted by atomic mass is 32.2. The maximum Gasteiger partial charge on any atom is 0.238 e. The van der Waals surface area contributed by atoms with Crippen molar-refractivity contribution in [2.45, 2.75) is 13.0 Å². The summed E-state index contributed by atoms with van der Waals surface area (Å²) in [5.74, 6) is 1.90. The van der Waals surface area contributed by atoms with Crippen LogP contribution >= 0.6 is 11.8 Å². The third kappa shape index (κ3) is 2.21. The molecule has 0 aliphatic carbocycles. The van der Waals surface area contributed by atoms with E-state index >= 15 is 0 Å². The fraction of sp³-hybridized carbons (Fsp3) is 0.889. The van der Waals surface area contributed by atoms with Crippen LogP contribution in [0, 0.1) is 5.41 Å². The molecule has 14 heavy (non-hydrogen) atoms. The number of rotatable bonds is 3. The average molecular weight is 216 g/mol. The summed E-state index contributed by atoms with van der Waals surface area (Å²) in [5, 5.41) is 6.12. The Balaban J connectivity index is 1.71. The van der Waals surface area contributed by atoms with Crippen LogP contribution in [0.5, 0.6) is 0 Å². The number of carbonyl (C=O) groups is 1. The summed E-state index contributed by atoms with van der Waals surface area (Å²) in [4.78, 5) is 11.6. The SMILES string of the molecule is CC1(CNC(=O)[C@H]2CSCN2)COC1. The zero-order chi connectivity index (χ0) is 10.0. The van der Waals surface area contributed by atoms with Crippen LogP contribution in [0.15, 0.2) is 0 Å². The van der Waals surface area contributed by atoms with Gasteiger partial charge in [-0.25, -0.2) is 0 Å². The van der Waals surface area contributed by atoms with Gasteiger partial charge in [0.05, 0.1) is 19.3 Å². The summed E-state index contributed by atoms with van der Waals surface area (Å²) in [7, 11) is 0. The molecule has 0 bridgehead atoms. The van der Waals surface area contributed by atoms with E-state index in [2.05, 4.69) is 17.6 Å². The molecule has 80 valence electrons. The van der Waals surface area contributed by atoms with Crippen LogP contribution in [0.4, 0.5) is 0 Å². The fourth-order valence-corrected chi connectivity index (χ4v) is 2.48. The standard InChI is InChI=1S/C9H16N2O2S/c1-9(4-13-5-9)3-10-8(12)7-2-14-6-11-7/h7,11H,2-6H2,1H3,(H,10,12)/t7-/m1/s1. The molecule has 0 unspecified atom stereocenters. The zero-order valence-electron chi connectivity index (χ0n) is 8.34. The topological polar surface area (TPSA) is 50.4 Å². The molecule has 0 saturated carbocycles. The van der Waals surface area contributed by atoms with Crippen molar-refractivity contribution in [2.24, 2.45) is 5.41 Å². The Morgan fingerprint density at radius 1 is 1.71 bits per heavy atom. The van der Waals surface area contributed by atoms with Crippen molar-refractivity contribution in [3.8, 4) is 0 Å². The van der Waals surface area contributed by atoms with Crippen LogP contribution in [0.25, 0.3) is 0 Å². The second-order valence-corrected chi connectivity index (χ2v) is 5.32. The van der Waals surface area contributed by atoms with Crippen molar-refractivity contribution in [1.82, 2.24) is 10.6 Å². The first-order chi connectivity index (χ1) is 6.70.